The van der Waals surface area contributed by atoms with E-state index in [4.69, 9.17) is 11.5 Å². The molecule has 0 aromatic rings. The Morgan fingerprint density at radius 1 is 1.17 bits per heavy atom. The van der Waals surface area contributed by atoms with Gasteiger partial charge in [0.1, 0.15) is 0 Å². The van der Waals surface area contributed by atoms with Crippen molar-refractivity contribution in [2.75, 3.05) is 6.54 Å². The van der Waals surface area contributed by atoms with E-state index in [0.717, 1.165) is 25.7 Å². The Morgan fingerprint density at radius 2 is 1.89 bits per heavy atom. The zero-order valence-electron chi connectivity index (χ0n) is 11.3. The van der Waals surface area contributed by atoms with Crippen LogP contribution in [0.4, 0.5) is 0 Å². The second kappa shape index (κ2) is 6.02. The summed E-state index contributed by atoms with van der Waals surface area (Å²) >= 11 is 0. The van der Waals surface area contributed by atoms with E-state index in [-0.39, 0.29) is 17.5 Å². The molecule has 2 aliphatic carbocycles. The molecule has 4 heteroatoms. The van der Waals surface area contributed by atoms with Gasteiger partial charge in [-0.05, 0) is 31.6 Å². The molecule has 0 heterocycles. The molecule has 1 amide bonds. The molecule has 2 saturated carbocycles. The third-order valence-electron chi connectivity index (χ3n) is 4.65. The number of nitrogens with one attached hydrogen (secondary N) is 1. The van der Waals surface area contributed by atoms with E-state index in [1.165, 1.54) is 25.7 Å². The zero-order chi connectivity index (χ0) is 13.0. The summed E-state index contributed by atoms with van der Waals surface area (Å²) in [6.45, 7) is 0.633. The standard InChI is InChI=1S/C14H27N3O/c15-12-6-4-5-11(12)9-13(18)17-10-14(16)7-2-1-3-8-14/h11-12H,1-10,15-16H2,(H,17,18)/t11-,12+/m0/s1. The van der Waals surface area contributed by atoms with E-state index in [1.807, 2.05) is 0 Å². The molecule has 0 radical (unpaired) electrons. The fourth-order valence-electron chi connectivity index (χ4n) is 3.34. The number of carbonyl (C=O) groups is 1. The van der Waals surface area contributed by atoms with Crippen molar-refractivity contribution in [1.82, 2.24) is 5.32 Å². The fraction of sp³-hybridized carbons (Fsp3) is 0.929. The van der Waals surface area contributed by atoms with Gasteiger partial charge < -0.3 is 16.8 Å². The Labute approximate surface area is 110 Å². The summed E-state index contributed by atoms with van der Waals surface area (Å²) in [5.74, 6) is 0.512. The van der Waals surface area contributed by atoms with Gasteiger partial charge in [0.25, 0.3) is 0 Å². The summed E-state index contributed by atoms with van der Waals surface area (Å²) in [6.07, 6.45) is 9.66. The van der Waals surface area contributed by atoms with Crippen LogP contribution in [0.1, 0.15) is 57.8 Å². The molecule has 2 rings (SSSR count). The topological polar surface area (TPSA) is 81.1 Å². The monoisotopic (exact) mass is 253 g/mol. The van der Waals surface area contributed by atoms with Gasteiger partial charge in [0.15, 0.2) is 0 Å². The largest absolute Gasteiger partial charge is 0.354 e. The molecule has 5 N–H and O–H groups in total. The molecular weight excluding hydrogens is 226 g/mol. The zero-order valence-corrected chi connectivity index (χ0v) is 11.3. The molecule has 2 fully saturated rings. The predicted molar refractivity (Wildman–Crippen MR) is 72.9 cm³/mol. The number of nitrogens with two attached hydrogens (primary N) is 2. The molecular formula is C14H27N3O. The van der Waals surface area contributed by atoms with E-state index < -0.39 is 0 Å². The number of rotatable bonds is 4. The molecule has 4 nitrogen and oxygen atoms in total. The maximum atomic E-state index is 11.9. The Bertz CT molecular complexity index is 287. The molecule has 104 valence electrons. The van der Waals surface area contributed by atoms with E-state index in [2.05, 4.69) is 5.32 Å². The summed E-state index contributed by atoms with van der Waals surface area (Å²) in [4.78, 5) is 11.9. The summed E-state index contributed by atoms with van der Waals surface area (Å²) in [5.41, 5.74) is 12.1. The van der Waals surface area contributed by atoms with E-state index in [0.29, 0.717) is 18.9 Å². The fourth-order valence-corrected chi connectivity index (χ4v) is 3.34. The first-order valence-electron chi connectivity index (χ1n) is 7.40. The van der Waals surface area contributed by atoms with Gasteiger partial charge in [-0.1, -0.05) is 25.7 Å². The van der Waals surface area contributed by atoms with Crippen LogP contribution in [0.3, 0.4) is 0 Å². The first kappa shape index (κ1) is 13.8. The van der Waals surface area contributed by atoms with Gasteiger partial charge in [0.2, 0.25) is 5.91 Å². The van der Waals surface area contributed by atoms with Crippen molar-refractivity contribution < 1.29 is 4.79 Å². The van der Waals surface area contributed by atoms with Gasteiger partial charge in [0, 0.05) is 24.5 Å². The SMILES string of the molecule is N[C@@H]1CCC[C@H]1CC(=O)NCC1(N)CCCCC1. The molecule has 0 spiro atoms. The highest BCUT2D eigenvalue weighted by Gasteiger charge is 2.29. The maximum absolute atomic E-state index is 11.9. The molecule has 0 aromatic heterocycles. The van der Waals surface area contributed by atoms with Crippen LogP contribution in [0.15, 0.2) is 0 Å². The van der Waals surface area contributed by atoms with Crippen LogP contribution in [0.25, 0.3) is 0 Å². The smallest absolute Gasteiger partial charge is 0.220 e. The lowest BCUT2D eigenvalue weighted by Gasteiger charge is -2.33. The molecule has 2 atom stereocenters. The Morgan fingerprint density at radius 3 is 2.50 bits per heavy atom. The second-order valence-electron chi connectivity index (χ2n) is 6.26. The van der Waals surface area contributed by atoms with Gasteiger partial charge >= 0.3 is 0 Å². The van der Waals surface area contributed by atoms with Gasteiger partial charge in [-0.3, -0.25) is 4.79 Å². The van der Waals surface area contributed by atoms with Crippen LogP contribution in [-0.2, 0) is 4.79 Å². The first-order valence-corrected chi connectivity index (χ1v) is 7.40. The number of hydrogen-bond donors (Lipinski definition) is 3. The normalized spacial score (nSPS) is 31.2. The average molecular weight is 253 g/mol. The minimum atomic E-state index is -0.161. The van der Waals surface area contributed by atoms with E-state index in [1.54, 1.807) is 0 Å². The molecule has 0 aliphatic heterocycles. The molecule has 2 aliphatic rings. The highest BCUT2D eigenvalue weighted by atomic mass is 16.1. The van der Waals surface area contributed by atoms with Gasteiger partial charge in [-0.25, -0.2) is 0 Å². The Hall–Kier alpha value is -0.610. The minimum Gasteiger partial charge on any atom is -0.354 e. The number of amides is 1. The summed E-state index contributed by atoms with van der Waals surface area (Å²) in [6, 6.07) is 0.220. The number of carbonyl (C=O) groups excluding carboxylic acids is 1. The van der Waals surface area contributed by atoms with Crippen LogP contribution in [0.5, 0.6) is 0 Å². The molecule has 0 saturated heterocycles. The predicted octanol–water partition coefficient (Wildman–Crippen LogP) is 1.28. The third-order valence-corrected chi connectivity index (χ3v) is 4.65. The molecule has 0 unspecified atom stereocenters. The lowest BCUT2D eigenvalue weighted by atomic mass is 9.82. The molecule has 0 bridgehead atoms. The van der Waals surface area contributed by atoms with Gasteiger partial charge in [0.05, 0.1) is 0 Å². The lowest BCUT2D eigenvalue weighted by Crippen LogP contribution is -2.51. The van der Waals surface area contributed by atoms with Crippen LogP contribution >= 0.6 is 0 Å². The third kappa shape index (κ3) is 3.69. The van der Waals surface area contributed by atoms with Crippen LogP contribution in [0.2, 0.25) is 0 Å². The second-order valence-corrected chi connectivity index (χ2v) is 6.26. The maximum Gasteiger partial charge on any atom is 0.220 e. The lowest BCUT2D eigenvalue weighted by molar-refractivity contribution is -0.122. The summed E-state index contributed by atoms with van der Waals surface area (Å²) in [5, 5.41) is 3.02. The Kier molecular flexibility index (Phi) is 4.62. The Balaban J connectivity index is 1.70. The van der Waals surface area contributed by atoms with Gasteiger partial charge in [-0.15, -0.1) is 0 Å². The van der Waals surface area contributed by atoms with Crippen molar-refractivity contribution in [3.8, 4) is 0 Å². The average Bonchev–Trinajstić information content (AvgIpc) is 2.74. The van der Waals surface area contributed by atoms with Crippen LogP contribution in [0, 0.1) is 5.92 Å². The van der Waals surface area contributed by atoms with Crippen molar-refractivity contribution in [3.05, 3.63) is 0 Å². The van der Waals surface area contributed by atoms with E-state index in [9.17, 15) is 4.79 Å². The van der Waals surface area contributed by atoms with Crippen molar-refractivity contribution in [3.63, 3.8) is 0 Å². The van der Waals surface area contributed by atoms with Crippen LogP contribution in [-0.4, -0.2) is 24.0 Å². The minimum absolute atomic E-state index is 0.132. The van der Waals surface area contributed by atoms with Crippen molar-refractivity contribution in [2.45, 2.75) is 69.4 Å². The van der Waals surface area contributed by atoms with Crippen LogP contribution < -0.4 is 16.8 Å². The summed E-state index contributed by atoms with van der Waals surface area (Å²) < 4.78 is 0. The number of hydrogen-bond acceptors (Lipinski definition) is 3. The highest BCUT2D eigenvalue weighted by Crippen LogP contribution is 2.27. The molecule has 18 heavy (non-hydrogen) atoms. The summed E-state index contributed by atoms with van der Waals surface area (Å²) in [7, 11) is 0. The molecule has 0 aromatic carbocycles. The highest BCUT2D eigenvalue weighted by molar-refractivity contribution is 5.76. The van der Waals surface area contributed by atoms with E-state index >= 15 is 0 Å². The van der Waals surface area contributed by atoms with Crippen molar-refractivity contribution >= 4 is 5.91 Å². The van der Waals surface area contributed by atoms with Crippen molar-refractivity contribution in [2.24, 2.45) is 17.4 Å². The van der Waals surface area contributed by atoms with Crippen molar-refractivity contribution in [1.29, 1.82) is 0 Å². The quantitative estimate of drug-likeness (QED) is 0.706. The van der Waals surface area contributed by atoms with Gasteiger partial charge in [-0.2, -0.15) is 0 Å². The first-order chi connectivity index (χ1) is 8.59.